The Bertz CT molecular complexity index is 373. The van der Waals surface area contributed by atoms with E-state index in [1.807, 2.05) is 0 Å². The predicted octanol–water partition coefficient (Wildman–Crippen LogP) is 6.69. The monoisotopic (exact) mass is 302 g/mol. The summed E-state index contributed by atoms with van der Waals surface area (Å²) in [5, 5.41) is 0. The van der Waals surface area contributed by atoms with Gasteiger partial charge in [-0.2, -0.15) is 0 Å². The molecule has 0 aliphatic heterocycles. The molecule has 0 heteroatoms. The maximum atomic E-state index is 2.70. The molecule has 4 unspecified atom stereocenters. The molecule has 0 saturated heterocycles. The van der Waals surface area contributed by atoms with Crippen LogP contribution in [-0.4, -0.2) is 0 Å². The second-order valence-corrected chi connectivity index (χ2v) is 10.2. The van der Waals surface area contributed by atoms with Crippen LogP contribution in [0.5, 0.6) is 0 Å². The van der Waals surface area contributed by atoms with Gasteiger partial charge in [-0.05, 0) is 85.4 Å². The molecule has 0 heterocycles. The van der Waals surface area contributed by atoms with Crippen LogP contribution in [0.1, 0.15) is 91.4 Å². The molecule has 4 aliphatic carbocycles. The van der Waals surface area contributed by atoms with Crippen molar-refractivity contribution in [1.82, 2.24) is 0 Å². The molecule has 4 saturated carbocycles. The van der Waals surface area contributed by atoms with Crippen molar-refractivity contribution in [2.45, 2.75) is 91.4 Å². The molecule has 4 rings (SSSR count). The molecular weight excluding hydrogens is 264 g/mol. The van der Waals surface area contributed by atoms with Gasteiger partial charge in [0, 0.05) is 0 Å². The molecule has 6 atom stereocenters. The second-order valence-electron chi connectivity index (χ2n) is 10.2. The van der Waals surface area contributed by atoms with Crippen LogP contribution in [0.15, 0.2) is 0 Å². The summed E-state index contributed by atoms with van der Waals surface area (Å²) in [6, 6.07) is 0. The molecule has 4 aliphatic rings. The van der Waals surface area contributed by atoms with E-state index in [9.17, 15) is 0 Å². The highest BCUT2D eigenvalue weighted by Gasteiger charge is 2.57. The van der Waals surface area contributed by atoms with Gasteiger partial charge in [-0.1, -0.05) is 52.9 Å². The highest BCUT2D eigenvalue weighted by atomic mass is 14.6. The minimum absolute atomic E-state index is 0.613. The van der Waals surface area contributed by atoms with E-state index >= 15 is 0 Å². The summed E-state index contributed by atoms with van der Waals surface area (Å²) in [6.07, 6.45) is 17.0. The molecule has 126 valence electrons. The summed E-state index contributed by atoms with van der Waals surface area (Å²) >= 11 is 0. The zero-order valence-corrected chi connectivity index (χ0v) is 15.3. The van der Waals surface area contributed by atoms with Crippen LogP contribution < -0.4 is 0 Å². The van der Waals surface area contributed by atoms with Crippen LogP contribution in [0.3, 0.4) is 0 Å². The molecule has 0 aromatic heterocycles. The van der Waals surface area contributed by atoms with Crippen molar-refractivity contribution in [2.24, 2.45) is 46.8 Å². The van der Waals surface area contributed by atoms with Gasteiger partial charge >= 0.3 is 0 Å². The topological polar surface area (TPSA) is 0 Å². The third kappa shape index (κ3) is 2.39. The smallest absolute Gasteiger partial charge is 0.0292 e. The van der Waals surface area contributed by atoms with Crippen LogP contribution in [0.2, 0.25) is 0 Å². The van der Waals surface area contributed by atoms with E-state index in [0.717, 1.165) is 41.4 Å². The molecule has 0 nitrogen and oxygen atoms in total. The normalized spacial score (nSPS) is 49.0. The van der Waals surface area contributed by atoms with E-state index in [2.05, 4.69) is 20.8 Å². The zero-order valence-electron chi connectivity index (χ0n) is 15.3. The molecule has 0 aromatic carbocycles. The van der Waals surface area contributed by atoms with Crippen molar-refractivity contribution in [1.29, 1.82) is 0 Å². The van der Waals surface area contributed by atoms with Crippen LogP contribution in [0, 0.1) is 46.8 Å². The Morgan fingerprint density at radius 2 is 1.14 bits per heavy atom. The Morgan fingerprint density at radius 1 is 0.636 bits per heavy atom. The van der Waals surface area contributed by atoms with Crippen LogP contribution in [0.4, 0.5) is 0 Å². The van der Waals surface area contributed by atoms with Crippen LogP contribution in [-0.2, 0) is 0 Å². The van der Waals surface area contributed by atoms with Gasteiger partial charge < -0.3 is 0 Å². The van der Waals surface area contributed by atoms with Gasteiger partial charge in [-0.15, -0.1) is 0 Å². The van der Waals surface area contributed by atoms with Crippen molar-refractivity contribution in [3.05, 3.63) is 0 Å². The average Bonchev–Trinajstić information content (AvgIpc) is 3.09. The lowest BCUT2D eigenvalue weighted by Crippen LogP contribution is -2.39. The van der Waals surface area contributed by atoms with Crippen molar-refractivity contribution >= 4 is 0 Å². The lowest BCUT2D eigenvalue weighted by atomic mass is 9.59. The summed E-state index contributed by atoms with van der Waals surface area (Å²) < 4.78 is 0. The number of hydrogen-bond donors (Lipinski definition) is 0. The van der Waals surface area contributed by atoms with E-state index in [4.69, 9.17) is 0 Å². The van der Waals surface area contributed by atoms with E-state index in [-0.39, 0.29) is 0 Å². The Morgan fingerprint density at radius 3 is 1.59 bits per heavy atom. The van der Waals surface area contributed by atoms with E-state index in [1.54, 1.807) is 25.7 Å². The lowest BCUT2D eigenvalue weighted by molar-refractivity contribution is 0.0298. The predicted molar refractivity (Wildman–Crippen MR) is 94.7 cm³/mol. The number of hydrogen-bond acceptors (Lipinski definition) is 0. The molecule has 0 radical (unpaired) electrons. The minimum atomic E-state index is 0.613. The largest absolute Gasteiger partial charge is 0.0625 e. The fourth-order valence-electron chi connectivity index (χ4n) is 7.91. The molecule has 0 N–H and O–H groups in total. The standard InChI is InChI=1S/C22H38/c1-15-12-13-16(14-15)22(2,3)21-19-10-6-4-8-17(19)18-9-5-7-11-20(18)21/h15-21H,4-14H2,1-3H3/t15-,16-,17?,18?,19?,20?,21?/m0/s1. The third-order valence-corrected chi connectivity index (χ3v) is 8.83. The fourth-order valence-corrected chi connectivity index (χ4v) is 7.91. The zero-order chi connectivity index (χ0) is 15.3. The van der Waals surface area contributed by atoms with Crippen LogP contribution in [0.25, 0.3) is 0 Å². The summed E-state index contributed by atoms with van der Waals surface area (Å²) in [6.45, 7) is 7.89. The first-order valence-electron chi connectivity index (χ1n) is 10.6. The SMILES string of the molecule is C[C@H]1CC[C@H](C(C)(C)C2C3CCCCC3C3CCCCC32)C1. The summed E-state index contributed by atoms with van der Waals surface area (Å²) in [5.74, 6) is 7.55. The number of fused-ring (bicyclic) bond motifs is 3. The highest BCUT2D eigenvalue weighted by molar-refractivity contribution is 5.05. The Kier molecular flexibility index (Phi) is 4.10. The molecule has 0 amide bonds. The minimum Gasteiger partial charge on any atom is -0.0625 e. The fraction of sp³-hybridized carbons (Fsp3) is 1.00. The van der Waals surface area contributed by atoms with Crippen LogP contribution >= 0.6 is 0 Å². The van der Waals surface area contributed by atoms with Gasteiger partial charge in [0.15, 0.2) is 0 Å². The van der Waals surface area contributed by atoms with Crippen molar-refractivity contribution in [2.75, 3.05) is 0 Å². The Balaban J connectivity index is 1.63. The Labute approximate surface area is 138 Å². The van der Waals surface area contributed by atoms with E-state index < -0.39 is 0 Å². The Hall–Kier alpha value is 0. The van der Waals surface area contributed by atoms with E-state index in [1.165, 1.54) is 44.9 Å². The van der Waals surface area contributed by atoms with Gasteiger partial charge in [0.05, 0.1) is 0 Å². The number of rotatable bonds is 2. The van der Waals surface area contributed by atoms with Gasteiger partial charge in [-0.25, -0.2) is 0 Å². The molecule has 0 aromatic rings. The lowest BCUT2D eigenvalue weighted by Gasteiger charge is -2.46. The molecular formula is C22H38. The second kappa shape index (κ2) is 5.82. The first-order valence-corrected chi connectivity index (χ1v) is 10.6. The molecule has 22 heavy (non-hydrogen) atoms. The molecule has 0 bridgehead atoms. The van der Waals surface area contributed by atoms with E-state index in [0.29, 0.717) is 5.41 Å². The molecule has 0 spiro atoms. The van der Waals surface area contributed by atoms with Gasteiger partial charge in [0.2, 0.25) is 0 Å². The summed E-state index contributed by atoms with van der Waals surface area (Å²) in [4.78, 5) is 0. The van der Waals surface area contributed by atoms with Gasteiger partial charge in [0.1, 0.15) is 0 Å². The van der Waals surface area contributed by atoms with Gasteiger partial charge in [0.25, 0.3) is 0 Å². The van der Waals surface area contributed by atoms with Gasteiger partial charge in [-0.3, -0.25) is 0 Å². The quantitative estimate of drug-likeness (QED) is 0.533. The molecule has 4 fully saturated rings. The first kappa shape index (κ1) is 15.5. The highest BCUT2D eigenvalue weighted by Crippen LogP contribution is 2.64. The summed E-state index contributed by atoms with van der Waals surface area (Å²) in [5.41, 5.74) is 0.613. The first-order chi connectivity index (χ1) is 10.6. The average molecular weight is 303 g/mol. The summed E-state index contributed by atoms with van der Waals surface area (Å²) in [7, 11) is 0. The van der Waals surface area contributed by atoms with Crippen molar-refractivity contribution in [3.8, 4) is 0 Å². The maximum Gasteiger partial charge on any atom is -0.0292 e. The van der Waals surface area contributed by atoms with Crippen molar-refractivity contribution < 1.29 is 0 Å². The third-order valence-electron chi connectivity index (χ3n) is 8.83. The maximum absolute atomic E-state index is 2.70. The van der Waals surface area contributed by atoms with Crippen molar-refractivity contribution in [3.63, 3.8) is 0 Å².